The van der Waals surface area contributed by atoms with E-state index in [4.69, 9.17) is 5.11 Å². The van der Waals surface area contributed by atoms with Crippen molar-refractivity contribution in [2.45, 2.75) is 38.1 Å². The van der Waals surface area contributed by atoms with Crippen molar-refractivity contribution in [3.63, 3.8) is 0 Å². The minimum absolute atomic E-state index is 0.114. The van der Waals surface area contributed by atoms with Gasteiger partial charge < -0.3 is 5.11 Å². The van der Waals surface area contributed by atoms with Crippen molar-refractivity contribution >= 4 is 33.3 Å². The number of aliphatic hydroxyl groups excluding tert-OH is 1. The molecule has 8 heteroatoms. The van der Waals surface area contributed by atoms with Gasteiger partial charge in [0.05, 0.1) is 5.39 Å². The molecule has 3 heterocycles. The van der Waals surface area contributed by atoms with Crippen LogP contribution in [0, 0.1) is 5.92 Å². The lowest BCUT2D eigenvalue weighted by molar-refractivity contribution is 0.296. The average molecular weight is 420 g/mol. The Kier molecular flexibility index (Phi) is 6.74. The van der Waals surface area contributed by atoms with Crippen LogP contribution in [0.15, 0.2) is 39.0 Å². The molecule has 3 aromatic heterocycles. The normalized spacial score (nSPS) is 11.6. The lowest BCUT2D eigenvalue weighted by Crippen LogP contribution is -2.38. The second-order valence-electron chi connectivity index (χ2n) is 7.15. The summed E-state index contributed by atoms with van der Waals surface area (Å²) in [6, 6.07) is 3.91. The molecule has 0 radical (unpaired) electrons. The van der Waals surface area contributed by atoms with E-state index in [0.29, 0.717) is 24.8 Å². The maximum Gasteiger partial charge on any atom is 0.331 e. The van der Waals surface area contributed by atoms with Gasteiger partial charge in [-0.3, -0.25) is 18.9 Å². The zero-order valence-electron chi connectivity index (χ0n) is 16.3. The van der Waals surface area contributed by atoms with Gasteiger partial charge in [-0.25, -0.2) is 4.79 Å². The summed E-state index contributed by atoms with van der Waals surface area (Å²) in [4.78, 5) is 32.7. The van der Waals surface area contributed by atoms with E-state index in [9.17, 15) is 9.59 Å². The Morgan fingerprint density at radius 2 is 2.11 bits per heavy atom. The van der Waals surface area contributed by atoms with Crippen molar-refractivity contribution in [2.75, 3.05) is 12.4 Å². The highest BCUT2D eigenvalue weighted by Crippen LogP contribution is 2.37. The second-order valence-corrected chi connectivity index (χ2v) is 9.34. The van der Waals surface area contributed by atoms with E-state index in [-0.39, 0.29) is 23.8 Å². The molecule has 150 valence electrons. The smallest absolute Gasteiger partial charge is 0.331 e. The van der Waals surface area contributed by atoms with Gasteiger partial charge in [-0.1, -0.05) is 19.9 Å². The first-order valence-corrected chi connectivity index (χ1v) is 11.1. The Hall–Kier alpha value is -1.90. The summed E-state index contributed by atoms with van der Waals surface area (Å²) in [6.07, 6.45) is 4.88. The van der Waals surface area contributed by atoms with Gasteiger partial charge in [0.1, 0.15) is 4.83 Å². The van der Waals surface area contributed by atoms with Crippen molar-refractivity contribution < 1.29 is 5.11 Å². The topological polar surface area (TPSA) is 77.1 Å². The van der Waals surface area contributed by atoms with E-state index >= 15 is 0 Å². The lowest BCUT2D eigenvalue weighted by Gasteiger charge is -2.11. The van der Waals surface area contributed by atoms with Crippen molar-refractivity contribution in [1.82, 2.24) is 14.1 Å². The number of hydrogen-bond donors (Lipinski definition) is 1. The summed E-state index contributed by atoms with van der Waals surface area (Å²) in [6.45, 7) is 4.80. The molecule has 0 amide bonds. The lowest BCUT2D eigenvalue weighted by atomic mass is 10.2. The largest absolute Gasteiger partial charge is 0.396 e. The van der Waals surface area contributed by atoms with Gasteiger partial charge in [0.2, 0.25) is 0 Å². The molecule has 0 atom stereocenters. The van der Waals surface area contributed by atoms with Crippen molar-refractivity contribution in [3.8, 4) is 0 Å². The van der Waals surface area contributed by atoms with Gasteiger partial charge >= 0.3 is 5.69 Å². The minimum atomic E-state index is -0.271. The molecule has 1 N–H and O–H groups in total. The number of thioether (sulfide) groups is 1. The quantitative estimate of drug-likeness (QED) is 0.449. The Morgan fingerprint density at radius 3 is 2.75 bits per heavy atom. The van der Waals surface area contributed by atoms with Crippen LogP contribution in [0.25, 0.3) is 10.2 Å². The Labute approximate surface area is 171 Å². The van der Waals surface area contributed by atoms with Gasteiger partial charge in [-0.2, -0.15) is 0 Å². The number of aromatic nitrogens is 3. The molecule has 6 nitrogen and oxygen atoms in total. The van der Waals surface area contributed by atoms with E-state index in [1.807, 2.05) is 18.3 Å². The molecule has 0 spiro atoms. The zero-order chi connectivity index (χ0) is 20.3. The maximum absolute atomic E-state index is 13.0. The summed E-state index contributed by atoms with van der Waals surface area (Å²) in [5, 5.41) is 9.78. The van der Waals surface area contributed by atoms with E-state index in [1.54, 1.807) is 29.6 Å². The summed E-state index contributed by atoms with van der Waals surface area (Å²) < 4.78 is 2.94. The summed E-state index contributed by atoms with van der Waals surface area (Å²) in [5.41, 5.74) is 0.542. The summed E-state index contributed by atoms with van der Waals surface area (Å²) in [5.74, 6) is 1.00. The van der Waals surface area contributed by atoms with Crippen LogP contribution < -0.4 is 11.2 Å². The van der Waals surface area contributed by atoms with Crippen LogP contribution in [0.3, 0.4) is 0 Å². The predicted octanol–water partition coefficient (Wildman–Crippen LogP) is 2.88. The fourth-order valence-electron chi connectivity index (χ4n) is 3.07. The summed E-state index contributed by atoms with van der Waals surface area (Å²) >= 11 is 3.11. The third kappa shape index (κ3) is 4.24. The fourth-order valence-corrected chi connectivity index (χ4v) is 5.70. The molecule has 28 heavy (non-hydrogen) atoms. The molecule has 0 aliphatic carbocycles. The third-order valence-corrected chi connectivity index (χ3v) is 6.95. The first-order chi connectivity index (χ1) is 13.4. The molecule has 0 aromatic carbocycles. The van der Waals surface area contributed by atoms with E-state index in [2.05, 4.69) is 18.8 Å². The van der Waals surface area contributed by atoms with Crippen molar-refractivity contribution in [1.29, 1.82) is 0 Å². The monoisotopic (exact) mass is 419 g/mol. The second kappa shape index (κ2) is 9.07. The number of hydrogen-bond acceptors (Lipinski definition) is 6. The number of fused-ring (bicyclic) bond motifs is 1. The Bertz CT molecular complexity index is 1070. The van der Waals surface area contributed by atoms with Crippen LogP contribution in [-0.4, -0.2) is 31.6 Å². The molecule has 0 unspecified atom stereocenters. The van der Waals surface area contributed by atoms with E-state index in [0.717, 1.165) is 25.9 Å². The molecular formula is C20H25N3O3S2. The van der Waals surface area contributed by atoms with Gasteiger partial charge in [0.25, 0.3) is 5.56 Å². The van der Waals surface area contributed by atoms with Crippen LogP contribution in [0.1, 0.15) is 30.7 Å². The van der Waals surface area contributed by atoms with Crippen LogP contribution in [0.2, 0.25) is 0 Å². The number of pyridine rings is 1. The molecule has 0 aliphatic heterocycles. The SMILES string of the molecule is CC(C)Cn1c(=O)n(C)c(=O)c2c(SCCCO)c(Cc3cccnc3)sc21. The Morgan fingerprint density at radius 1 is 1.32 bits per heavy atom. The molecule has 0 saturated heterocycles. The predicted molar refractivity (Wildman–Crippen MR) is 116 cm³/mol. The standard InChI is InChI=1S/C20H25N3O3S2/c1-13(2)12-23-19-16(18(25)22(3)20(23)26)17(27-9-5-8-24)15(28-19)10-14-6-4-7-21-11-14/h4,6-7,11,13,24H,5,8-10,12H2,1-3H3. The fraction of sp³-hybridized carbons (Fsp3) is 0.450. The van der Waals surface area contributed by atoms with Gasteiger partial charge in [-0.05, 0) is 24.0 Å². The first-order valence-electron chi connectivity index (χ1n) is 9.31. The first kappa shape index (κ1) is 20.8. The molecule has 3 aromatic rings. The number of aliphatic hydroxyl groups is 1. The number of nitrogens with zero attached hydrogens (tertiary/aromatic N) is 3. The third-order valence-electron chi connectivity index (χ3n) is 4.38. The highest BCUT2D eigenvalue weighted by atomic mass is 32.2. The van der Waals surface area contributed by atoms with E-state index in [1.165, 1.54) is 15.9 Å². The van der Waals surface area contributed by atoms with Gasteiger partial charge in [0.15, 0.2) is 0 Å². The zero-order valence-corrected chi connectivity index (χ0v) is 18.0. The van der Waals surface area contributed by atoms with Crippen molar-refractivity contribution in [3.05, 3.63) is 55.8 Å². The molecular weight excluding hydrogens is 394 g/mol. The van der Waals surface area contributed by atoms with Gasteiger partial charge in [0, 0.05) is 54.5 Å². The molecule has 3 rings (SSSR count). The van der Waals surface area contributed by atoms with Crippen LogP contribution in [-0.2, 0) is 20.0 Å². The summed E-state index contributed by atoms with van der Waals surface area (Å²) in [7, 11) is 1.54. The van der Waals surface area contributed by atoms with Crippen LogP contribution in [0.5, 0.6) is 0 Å². The minimum Gasteiger partial charge on any atom is -0.396 e. The van der Waals surface area contributed by atoms with Gasteiger partial charge in [-0.15, -0.1) is 23.1 Å². The highest BCUT2D eigenvalue weighted by molar-refractivity contribution is 7.99. The Balaban J connectivity index is 2.23. The maximum atomic E-state index is 13.0. The average Bonchev–Trinajstić information content (AvgIpc) is 3.02. The van der Waals surface area contributed by atoms with Crippen molar-refractivity contribution in [2.24, 2.45) is 13.0 Å². The van der Waals surface area contributed by atoms with Crippen LogP contribution >= 0.6 is 23.1 Å². The number of thiophene rings is 1. The highest BCUT2D eigenvalue weighted by Gasteiger charge is 2.22. The molecule has 0 saturated carbocycles. The number of rotatable bonds is 8. The molecule has 0 bridgehead atoms. The van der Waals surface area contributed by atoms with E-state index < -0.39 is 0 Å². The molecule has 0 aliphatic rings. The van der Waals surface area contributed by atoms with Crippen LogP contribution in [0.4, 0.5) is 0 Å². The molecule has 0 fully saturated rings.